The molecule has 0 saturated heterocycles. The molecule has 1 amide bonds. The molecule has 0 spiro atoms. The van der Waals surface area contributed by atoms with E-state index in [1.165, 1.54) is 11.8 Å². The van der Waals surface area contributed by atoms with Crippen molar-refractivity contribution < 1.29 is 4.79 Å². The lowest BCUT2D eigenvalue weighted by Gasteiger charge is -2.15. The molecule has 0 atom stereocenters. The Morgan fingerprint density at radius 2 is 1.53 bits per heavy atom. The molecule has 178 valence electrons. The highest BCUT2D eigenvalue weighted by atomic mass is 32.2. The zero-order chi connectivity index (χ0) is 25.1. The molecule has 4 aromatic carbocycles. The first-order chi connectivity index (χ1) is 17.5. The van der Waals surface area contributed by atoms with Crippen molar-refractivity contribution in [2.45, 2.75) is 19.0 Å². The Morgan fingerprint density at radius 3 is 2.31 bits per heavy atom. The summed E-state index contributed by atoms with van der Waals surface area (Å²) in [7, 11) is 0. The summed E-state index contributed by atoms with van der Waals surface area (Å²) >= 11 is 1.25. The Bertz CT molecular complexity index is 1610. The number of nitrogens with zero attached hydrogens (tertiary/aromatic N) is 2. The van der Waals surface area contributed by atoms with E-state index >= 15 is 0 Å². The van der Waals surface area contributed by atoms with E-state index in [1.807, 2.05) is 98.8 Å². The molecule has 0 aliphatic carbocycles. The fraction of sp³-hybridized carbons (Fsp3) is 0.100. The van der Waals surface area contributed by atoms with Crippen molar-refractivity contribution in [3.63, 3.8) is 0 Å². The third-order valence-corrected chi connectivity index (χ3v) is 6.77. The van der Waals surface area contributed by atoms with Crippen LogP contribution in [0.25, 0.3) is 27.7 Å². The third kappa shape index (κ3) is 4.95. The minimum Gasteiger partial charge on any atom is -0.325 e. The molecule has 5 nitrogen and oxygen atoms in total. The van der Waals surface area contributed by atoms with Crippen LogP contribution in [-0.2, 0) is 4.79 Å². The molecule has 0 bridgehead atoms. The van der Waals surface area contributed by atoms with Gasteiger partial charge in [-0.25, -0.2) is 4.98 Å². The first-order valence-electron chi connectivity index (χ1n) is 11.7. The first kappa shape index (κ1) is 23.6. The van der Waals surface area contributed by atoms with E-state index in [2.05, 4.69) is 11.4 Å². The Hall–Kier alpha value is -4.16. The normalized spacial score (nSPS) is 10.9. The van der Waals surface area contributed by atoms with Gasteiger partial charge in [0.15, 0.2) is 5.16 Å². The fourth-order valence-electron chi connectivity index (χ4n) is 4.29. The molecular weight excluding hydrogens is 466 g/mol. The van der Waals surface area contributed by atoms with Gasteiger partial charge in [-0.2, -0.15) is 0 Å². The number of nitrogens with one attached hydrogen (secondary N) is 1. The van der Waals surface area contributed by atoms with Crippen LogP contribution in [0.4, 0.5) is 5.69 Å². The molecule has 6 heteroatoms. The van der Waals surface area contributed by atoms with Crippen molar-refractivity contribution in [1.29, 1.82) is 0 Å². The summed E-state index contributed by atoms with van der Waals surface area (Å²) in [6, 6.07) is 31.0. The highest BCUT2D eigenvalue weighted by Crippen LogP contribution is 2.28. The van der Waals surface area contributed by atoms with E-state index in [0.717, 1.165) is 33.6 Å². The number of fused-ring (bicyclic) bond motifs is 1. The molecule has 36 heavy (non-hydrogen) atoms. The SMILES string of the molecule is Cc1cc(C)cc(-n2c(SCC(=O)Nc3ccccc3-c3ccccc3)nc3ccccc3c2=O)c1. The lowest BCUT2D eigenvalue weighted by Crippen LogP contribution is -2.23. The predicted octanol–water partition coefficient (Wildman–Crippen LogP) is 6.40. The molecule has 0 aliphatic rings. The van der Waals surface area contributed by atoms with Gasteiger partial charge in [0.05, 0.1) is 22.3 Å². The first-order valence-corrected chi connectivity index (χ1v) is 12.7. The molecule has 5 rings (SSSR count). The summed E-state index contributed by atoms with van der Waals surface area (Å²) in [5.74, 6) is -0.0589. The number of benzene rings is 4. The molecule has 5 aromatic rings. The van der Waals surface area contributed by atoms with Crippen molar-refractivity contribution in [2.75, 3.05) is 11.1 Å². The zero-order valence-corrected chi connectivity index (χ0v) is 20.9. The van der Waals surface area contributed by atoms with Gasteiger partial charge < -0.3 is 5.32 Å². The Morgan fingerprint density at radius 1 is 0.861 bits per heavy atom. The standard InChI is InChI=1S/C30H25N3O2S/c1-20-16-21(2)18-23(17-20)33-29(35)25-13-7-9-15-27(25)32-30(33)36-19-28(34)31-26-14-8-6-12-24(26)22-10-4-3-5-11-22/h3-18H,19H2,1-2H3,(H,31,34). The van der Waals surface area contributed by atoms with Gasteiger partial charge in [0, 0.05) is 11.3 Å². The van der Waals surface area contributed by atoms with Gasteiger partial charge in [-0.05, 0) is 60.9 Å². The quantitative estimate of drug-likeness (QED) is 0.220. The average molecular weight is 492 g/mol. The largest absolute Gasteiger partial charge is 0.325 e. The van der Waals surface area contributed by atoms with Crippen molar-refractivity contribution in [3.05, 3.63) is 119 Å². The molecule has 1 N–H and O–H groups in total. The Balaban J connectivity index is 1.46. The fourth-order valence-corrected chi connectivity index (χ4v) is 5.11. The highest BCUT2D eigenvalue weighted by molar-refractivity contribution is 7.99. The van der Waals surface area contributed by atoms with Crippen LogP contribution in [0.15, 0.2) is 107 Å². The van der Waals surface area contributed by atoms with E-state index in [0.29, 0.717) is 16.1 Å². The highest BCUT2D eigenvalue weighted by Gasteiger charge is 2.16. The van der Waals surface area contributed by atoms with Crippen LogP contribution in [0.5, 0.6) is 0 Å². The number of carbonyl (C=O) groups is 1. The van der Waals surface area contributed by atoms with E-state index < -0.39 is 0 Å². The van der Waals surface area contributed by atoms with Crippen LogP contribution in [0.1, 0.15) is 11.1 Å². The second kappa shape index (κ2) is 10.2. The number of thioether (sulfide) groups is 1. The maximum absolute atomic E-state index is 13.5. The van der Waals surface area contributed by atoms with Crippen molar-refractivity contribution in [2.24, 2.45) is 0 Å². The Kier molecular flexibility index (Phi) is 6.69. The van der Waals surface area contributed by atoms with Gasteiger partial charge in [-0.3, -0.25) is 14.2 Å². The number of hydrogen-bond acceptors (Lipinski definition) is 4. The number of carbonyl (C=O) groups excluding carboxylic acids is 1. The van der Waals surface area contributed by atoms with E-state index in [9.17, 15) is 9.59 Å². The van der Waals surface area contributed by atoms with Gasteiger partial charge in [0.2, 0.25) is 5.91 Å². The summed E-state index contributed by atoms with van der Waals surface area (Å²) in [6.45, 7) is 4.00. The molecule has 0 aliphatic heterocycles. The summed E-state index contributed by atoms with van der Waals surface area (Å²) < 4.78 is 1.61. The molecule has 0 unspecified atom stereocenters. The number of hydrogen-bond donors (Lipinski definition) is 1. The lowest BCUT2D eigenvalue weighted by molar-refractivity contribution is -0.113. The zero-order valence-electron chi connectivity index (χ0n) is 20.1. The van der Waals surface area contributed by atoms with Crippen LogP contribution < -0.4 is 10.9 Å². The van der Waals surface area contributed by atoms with Gasteiger partial charge >= 0.3 is 0 Å². The number of amides is 1. The van der Waals surface area contributed by atoms with Crippen molar-refractivity contribution in [1.82, 2.24) is 9.55 Å². The monoisotopic (exact) mass is 491 g/mol. The van der Waals surface area contributed by atoms with Crippen molar-refractivity contribution in [3.8, 4) is 16.8 Å². The second-order valence-electron chi connectivity index (χ2n) is 8.65. The van der Waals surface area contributed by atoms with Crippen molar-refractivity contribution >= 4 is 34.3 Å². The number of para-hydroxylation sites is 2. The maximum Gasteiger partial charge on any atom is 0.266 e. The molecule has 0 saturated carbocycles. The second-order valence-corrected chi connectivity index (χ2v) is 9.59. The molecular formula is C30H25N3O2S. The number of anilines is 1. The number of aryl methyl sites for hydroxylation is 2. The number of rotatable bonds is 6. The number of aromatic nitrogens is 2. The Labute approximate surface area is 213 Å². The molecule has 1 heterocycles. The lowest BCUT2D eigenvalue weighted by atomic mass is 10.0. The predicted molar refractivity (Wildman–Crippen MR) is 148 cm³/mol. The smallest absolute Gasteiger partial charge is 0.266 e. The van der Waals surface area contributed by atoms with Gasteiger partial charge in [0.1, 0.15) is 0 Å². The molecule has 0 radical (unpaired) electrons. The summed E-state index contributed by atoms with van der Waals surface area (Å²) in [5.41, 5.74) is 6.03. The summed E-state index contributed by atoms with van der Waals surface area (Å²) in [6.07, 6.45) is 0. The van der Waals surface area contributed by atoms with Crippen LogP contribution in [0.2, 0.25) is 0 Å². The van der Waals surface area contributed by atoms with E-state index in [-0.39, 0.29) is 17.2 Å². The molecule has 0 fully saturated rings. The van der Waals surface area contributed by atoms with E-state index in [4.69, 9.17) is 4.98 Å². The van der Waals surface area contributed by atoms with Gasteiger partial charge in [-0.1, -0.05) is 78.5 Å². The van der Waals surface area contributed by atoms with Crippen LogP contribution in [0.3, 0.4) is 0 Å². The maximum atomic E-state index is 13.5. The van der Waals surface area contributed by atoms with Crippen LogP contribution >= 0.6 is 11.8 Å². The minimum atomic E-state index is -0.169. The van der Waals surface area contributed by atoms with E-state index in [1.54, 1.807) is 10.6 Å². The summed E-state index contributed by atoms with van der Waals surface area (Å²) in [4.78, 5) is 31.3. The van der Waals surface area contributed by atoms with Gasteiger partial charge in [-0.15, -0.1) is 0 Å². The minimum absolute atomic E-state index is 0.110. The third-order valence-electron chi connectivity index (χ3n) is 5.83. The summed E-state index contributed by atoms with van der Waals surface area (Å²) in [5, 5.41) is 4.06. The average Bonchev–Trinajstić information content (AvgIpc) is 2.88. The van der Waals surface area contributed by atoms with Crippen LogP contribution in [-0.4, -0.2) is 21.2 Å². The topological polar surface area (TPSA) is 64.0 Å². The molecule has 1 aromatic heterocycles. The van der Waals surface area contributed by atoms with Gasteiger partial charge in [0.25, 0.3) is 5.56 Å². The van der Waals surface area contributed by atoms with Crippen LogP contribution in [0, 0.1) is 13.8 Å².